The molecule has 29 heavy (non-hydrogen) atoms. The Morgan fingerprint density at radius 2 is 1.76 bits per heavy atom. The highest BCUT2D eigenvalue weighted by Gasteiger charge is 2.33. The predicted octanol–water partition coefficient (Wildman–Crippen LogP) is 3.82. The minimum atomic E-state index is -4.78. The number of ether oxygens (including phenoxy) is 1. The van der Waals surface area contributed by atoms with Gasteiger partial charge in [0.15, 0.2) is 5.75 Å². The molecule has 2 aromatic carbocycles. The van der Waals surface area contributed by atoms with Crippen LogP contribution in [0.5, 0.6) is 5.75 Å². The Morgan fingerprint density at radius 1 is 1.10 bits per heavy atom. The van der Waals surface area contributed by atoms with E-state index in [-0.39, 0.29) is 17.1 Å². The van der Waals surface area contributed by atoms with Crippen LogP contribution in [0.3, 0.4) is 0 Å². The number of benzene rings is 2. The third kappa shape index (κ3) is 4.62. The van der Waals surface area contributed by atoms with Gasteiger partial charge in [-0.15, -0.1) is 0 Å². The number of anilines is 2. The smallest absolute Gasteiger partial charge is 0.416 e. The molecule has 3 aromatic rings. The van der Waals surface area contributed by atoms with E-state index in [4.69, 9.17) is 4.74 Å². The number of aromatic nitrogens is 1. The molecule has 0 spiro atoms. The number of halogens is 3. The Hall–Kier alpha value is -3.21. The van der Waals surface area contributed by atoms with Crippen LogP contribution in [0, 0.1) is 0 Å². The fourth-order valence-electron chi connectivity index (χ4n) is 2.77. The number of nitrogens with one attached hydrogen (secondary N) is 3. The quantitative estimate of drug-likeness (QED) is 0.576. The summed E-state index contributed by atoms with van der Waals surface area (Å²) in [7, 11) is -2.76. The topological polar surface area (TPSA) is 100 Å². The third-order valence-corrected chi connectivity index (χ3v) is 4.53. The van der Waals surface area contributed by atoms with Crippen LogP contribution in [0.15, 0.2) is 42.5 Å². The molecule has 0 saturated carbocycles. The summed E-state index contributed by atoms with van der Waals surface area (Å²) in [6.45, 7) is 0. The van der Waals surface area contributed by atoms with E-state index in [9.17, 15) is 26.4 Å². The highest BCUT2D eigenvalue weighted by atomic mass is 32.2. The number of hydrogen-bond donors (Lipinski definition) is 3. The normalized spacial score (nSPS) is 12.0. The van der Waals surface area contributed by atoms with Crippen molar-refractivity contribution >= 4 is 38.2 Å². The molecule has 154 valence electrons. The van der Waals surface area contributed by atoms with Gasteiger partial charge in [0.1, 0.15) is 5.69 Å². The Bertz CT molecular complexity index is 1150. The number of carbonyl (C=O) groups is 1. The van der Waals surface area contributed by atoms with Crippen molar-refractivity contribution in [3.8, 4) is 5.75 Å². The zero-order valence-electron chi connectivity index (χ0n) is 15.2. The van der Waals surface area contributed by atoms with E-state index >= 15 is 0 Å². The molecule has 0 radical (unpaired) electrons. The van der Waals surface area contributed by atoms with E-state index in [1.807, 2.05) is 4.72 Å². The van der Waals surface area contributed by atoms with E-state index in [1.54, 1.807) is 30.3 Å². The van der Waals surface area contributed by atoms with Gasteiger partial charge in [0.05, 0.1) is 30.3 Å². The van der Waals surface area contributed by atoms with Gasteiger partial charge >= 0.3 is 6.18 Å². The van der Waals surface area contributed by atoms with Crippen molar-refractivity contribution in [2.45, 2.75) is 6.18 Å². The number of fused-ring (bicyclic) bond motifs is 1. The van der Waals surface area contributed by atoms with E-state index in [0.29, 0.717) is 17.6 Å². The first kappa shape index (κ1) is 20.5. The molecule has 1 heterocycles. The number of aromatic amines is 1. The second kappa shape index (κ2) is 7.32. The van der Waals surface area contributed by atoms with Gasteiger partial charge in [-0.05, 0) is 24.3 Å². The van der Waals surface area contributed by atoms with Crippen molar-refractivity contribution in [2.75, 3.05) is 23.4 Å². The van der Waals surface area contributed by atoms with Gasteiger partial charge < -0.3 is 15.0 Å². The molecule has 7 nitrogen and oxygen atoms in total. The number of rotatable bonds is 5. The molecule has 3 rings (SSSR count). The highest BCUT2D eigenvalue weighted by molar-refractivity contribution is 7.92. The summed E-state index contributed by atoms with van der Waals surface area (Å²) >= 11 is 0. The van der Waals surface area contributed by atoms with Crippen LogP contribution >= 0.6 is 0 Å². The number of methoxy groups -OCH3 is 1. The summed E-state index contributed by atoms with van der Waals surface area (Å²) in [6.07, 6.45) is -3.99. The Balaban J connectivity index is 2.06. The van der Waals surface area contributed by atoms with Crippen molar-refractivity contribution in [1.29, 1.82) is 0 Å². The summed E-state index contributed by atoms with van der Waals surface area (Å²) in [5, 5.41) is 3.09. The molecule has 11 heteroatoms. The van der Waals surface area contributed by atoms with Crippen LogP contribution in [-0.2, 0) is 16.2 Å². The summed E-state index contributed by atoms with van der Waals surface area (Å²) < 4.78 is 70.0. The number of H-pyrrole nitrogens is 1. The minimum absolute atomic E-state index is 0.114. The summed E-state index contributed by atoms with van der Waals surface area (Å²) in [4.78, 5) is 15.5. The van der Waals surface area contributed by atoms with E-state index in [1.165, 1.54) is 0 Å². The first-order valence-electron chi connectivity index (χ1n) is 8.14. The minimum Gasteiger partial charge on any atom is -0.492 e. The molecule has 0 atom stereocenters. The molecule has 0 saturated heterocycles. The maximum absolute atomic E-state index is 13.3. The second-order valence-corrected chi connectivity index (χ2v) is 7.95. The zero-order valence-corrected chi connectivity index (χ0v) is 16.0. The molecule has 0 aliphatic heterocycles. The molecule has 1 amide bonds. The number of amides is 1. The predicted molar refractivity (Wildman–Crippen MR) is 103 cm³/mol. The maximum atomic E-state index is 13.3. The number of para-hydroxylation sites is 1. The van der Waals surface area contributed by atoms with Crippen LogP contribution < -0.4 is 14.8 Å². The van der Waals surface area contributed by atoms with Crippen LogP contribution in [0.2, 0.25) is 0 Å². The Morgan fingerprint density at radius 3 is 2.34 bits per heavy atom. The number of sulfonamides is 1. The number of hydrogen-bond acceptors (Lipinski definition) is 4. The van der Waals surface area contributed by atoms with Gasteiger partial charge in [-0.1, -0.05) is 18.2 Å². The summed E-state index contributed by atoms with van der Waals surface area (Å²) in [5.41, 5.74) is -1.15. The lowest BCUT2D eigenvalue weighted by atomic mass is 10.1. The first-order valence-corrected chi connectivity index (χ1v) is 10.0. The SMILES string of the molecule is COc1c(NC(=O)c2cc3ccccc3[nH]2)cc(C(F)(F)F)cc1NS(C)(=O)=O. The van der Waals surface area contributed by atoms with Gasteiger partial charge in [0.25, 0.3) is 5.91 Å². The summed E-state index contributed by atoms with van der Waals surface area (Å²) in [6, 6.07) is 9.86. The van der Waals surface area contributed by atoms with Gasteiger partial charge in [-0.2, -0.15) is 13.2 Å². The van der Waals surface area contributed by atoms with Gasteiger partial charge in [0.2, 0.25) is 10.0 Å². The molecular weight excluding hydrogens is 411 g/mol. The Kier molecular flexibility index (Phi) is 5.18. The van der Waals surface area contributed by atoms with E-state index < -0.39 is 33.4 Å². The number of carbonyl (C=O) groups excluding carboxylic acids is 1. The van der Waals surface area contributed by atoms with Crippen molar-refractivity contribution < 1.29 is 31.1 Å². The molecule has 0 aliphatic carbocycles. The fourth-order valence-corrected chi connectivity index (χ4v) is 3.32. The zero-order chi connectivity index (χ0) is 21.4. The summed E-state index contributed by atoms with van der Waals surface area (Å²) in [5.74, 6) is -0.975. The standard InChI is InChI=1S/C18H16F3N3O4S/c1-28-16-13(8-11(18(19,20)21)9-14(16)24-29(2,26)27)23-17(25)15-7-10-5-3-4-6-12(10)22-15/h3-9,22,24H,1-2H3,(H,23,25). The molecule has 0 fully saturated rings. The maximum Gasteiger partial charge on any atom is 0.416 e. The lowest BCUT2D eigenvalue weighted by Crippen LogP contribution is -2.17. The molecule has 0 bridgehead atoms. The van der Waals surface area contributed by atoms with Crippen molar-refractivity contribution in [3.05, 3.63) is 53.7 Å². The van der Waals surface area contributed by atoms with Crippen molar-refractivity contribution in [3.63, 3.8) is 0 Å². The van der Waals surface area contributed by atoms with Gasteiger partial charge in [0, 0.05) is 10.9 Å². The van der Waals surface area contributed by atoms with Crippen LogP contribution in [-0.4, -0.2) is 32.7 Å². The van der Waals surface area contributed by atoms with Crippen LogP contribution in [0.25, 0.3) is 10.9 Å². The fraction of sp³-hybridized carbons (Fsp3) is 0.167. The van der Waals surface area contributed by atoms with Crippen LogP contribution in [0.1, 0.15) is 16.1 Å². The third-order valence-electron chi connectivity index (χ3n) is 3.94. The van der Waals surface area contributed by atoms with Crippen LogP contribution in [0.4, 0.5) is 24.5 Å². The van der Waals surface area contributed by atoms with E-state index in [0.717, 1.165) is 18.8 Å². The number of alkyl halides is 3. The molecule has 3 N–H and O–H groups in total. The monoisotopic (exact) mass is 427 g/mol. The first-order chi connectivity index (χ1) is 13.5. The van der Waals surface area contributed by atoms with Gasteiger partial charge in [-0.3, -0.25) is 9.52 Å². The largest absolute Gasteiger partial charge is 0.492 e. The lowest BCUT2D eigenvalue weighted by molar-refractivity contribution is -0.137. The highest BCUT2D eigenvalue weighted by Crippen LogP contribution is 2.41. The van der Waals surface area contributed by atoms with Crippen molar-refractivity contribution in [2.24, 2.45) is 0 Å². The Labute approximate surface area is 163 Å². The van der Waals surface area contributed by atoms with Gasteiger partial charge in [-0.25, -0.2) is 8.42 Å². The molecule has 0 unspecified atom stereocenters. The average molecular weight is 427 g/mol. The molecular formula is C18H16F3N3O4S. The van der Waals surface area contributed by atoms with E-state index in [2.05, 4.69) is 10.3 Å². The molecule has 1 aromatic heterocycles. The van der Waals surface area contributed by atoms with Crippen molar-refractivity contribution in [1.82, 2.24) is 4.98 Å². The second-order valence-electron chi connectivity index (χ2n) is 6.20. The lowest BCUT2D eigenvalue weighted by Gasteiger charge is -2.18. The molecule has 0 aliphatic rings. The average Bonchev–Trinajstić information content (AvgIpc) is 3.03.